The van der Waals surface area contributed by atoms with Crippen LogP contribution in [0.25, 0.3) is 5.69 Å². The number of para-hydroxylation sites is 1. The Morgan fingerprint density at radius 3 is 2.38 bits per heavy atom. The van der Waals surface area contributed by atoms with Crippen molar-refractivity contribution < 1.29 is 9.90 Å². The lowest BCUT2D eigenvalue weighted by Crippen LogP contribution is -2.05. The molecule has 0 saturated heterocycles. The molecule has 1 aromatic carbocycles. The van der Waals surface area contributed by atoms with Gasteiger partial charge in [0.25, 0.3) is 0 Å². The molecule has 0 aliphatic rings. The minimum Gasteiger partial charge on any atom is -0.477 e. The number of anilines is 2. The number of benzene rings is 1. The lowest BCUT2D eigenvalue weighted by atomic mass is 10.3. The van der Waals surface area contributed by atoms with Crippen molar-refractivity contribution in [2.24, 2.45) is 0 Å². The summed E-state index contributed by atoms with van der Waals surface area (Å²) in [5.41, 5.74) is 11.7. The van der Waals surface area contributed by atoms with Crippen molar-refractivity contribution in [1.29, 1.82) is 0 Å². The van der Waals surface area contributed by atoms with Crippen LogP contribution in [0.2, 0.25) is 0 Å². The molecule has 1 heterocycles. The summed E-state index contributed by atoms with van der Waals surface area (Å²) in [6, 6.07) is 8.95. The molecule has 2 rings (SSSR count). The van der Waals surface area contributed by atoms with Crippen molar-refractivity contribution >= 4 is 17.6 Å². The highest BCUT2D eigenvalue weighted by atomic mass is 16.4. The Labute approximate surface area is 91.1 Å². The maximum atomic E-state index is 10.9. The van der Waals surface area contributed by atoms with Crippen LogP contribution in [0.5, 0.6) is 0 Å². The van der Waals surface area contributed by atoms with Gasteiger partial charge in [0.15, 0.2) is 5.82 Å². The summed E-state index contributed by atoms with van der Waals surface area (Å²) in [4.78, 5) is 10.9. The number of aromatic nitrogens is 2. The topological polar surface area (TPSA) is 107 Å². The zero-order valence-corrected chi connectivity index (χ0v) is 8.29. The zero-order chi connectivity index (χ0) is 11.7. The highest BCUT2D eigenvalue weighted by Crippen LogP contribution is 2.22. The summed E-state index contributed by atoms with van der Waals surface area (Å²) in [6.45, 7) is 0. The minimum atomic E-state index is -1.18. The predicted octanol–water partition coefficient (Wildman–Crippen LogP) is 0.735. The Bertz CT molecular complexity index is 533. The van der Waals surface area contributed by atoms with Gasteiger partial charge in [-0.2, -0.15) is 0 Å². The first-order valence-electron chi connectivity index (χ1n) is 4.54. The van der Waals surface area contributed by atoms with Crippen molar-refractivity contribution in [3.05, 3.63) is 35.9 Å². The van der Waals surface area contributed by atoms with E-state index in [0.717, 1.165) is 0 Å². The predicted molar refractivity (Wildman–Crippen MR) is 59.3 cm³/mol. The summed E-state index contributed by atoms with van der Waals surface area (Å²) in [5.74, 6) is -1.25. The SMILES string of the molecule is Nc1nn(-c2ccccc2)c(N)c1C(=O)O. The van der Waals surface area contributed by atoms with E-state index in [1.54, 1.807) is 24.3 Å². The van der Waals surface area contributed by atoms with E-state index in [4.69, 9.17) is 16.6 Å². The van der Waals surface area contributed by atoms with Gasteiger partial charge in [-0.25, -0.2) is 9.48 Å². The van der Waals surface area contributed by atoms with E-state index in [-0.39, 0.29) is 17.2 Å². The number of carbonyl (C=O) groups is 1. The van der Waals surface area contributed by atoms with E-state index in [1.807, 2.05) is 6.07 Å². The van der Waals surface area contributed by atoms with Gasteiger partial charge in [0.2, 0.25) is 0 Å². The quantitative estimate of drug-likeness (QED) is 0.688. The van der Waals surface area contributed by atoms with Crippen LogP contribution in [-0.4, -0.2) is 20.9 Å². The number of carboxylic acid groups (broad SMARTS) is 1. The largest absolute Gasteiger partial charge is 0.477 e. The molecule has 0 fully saturated rings. The summed E-state index contributed by atoms with van der Waals surface area (Å²) >= 11 is 0. The molecule has 82 valence electrons. The summed E-state index contributed by atoms with van der Waals surface area (Å²) in [5, 5.41) is 12.8. The first-order chi connectivity index (χ1) is 7.61. The highest BCUT2D eigenvalue weighted by molar-refractivity contribution is 5.98. The Morgan fingerprint density at radius 2 is 1.88 bits per heavy atom. The molecule has 0 bridgehead atoms. The third-order valence-electron chi connectivity index (χ3n) is 2.16. The lowest BCUT2D eigenvalue weighted by molar-refractivity contribution is 0.0699. The van der Waals surface area contributed by atoms with E-state index in [2.05, 4.69) is 5.10 Å². The fraction of sp³-hybridized carbons (Fsp3) is 0. The van der Waals surface area contributed by atoms with Crippen LogP contribution in [0.4, 0.5) is 11.6 Å². The third kappa shape index (κ3) is 1.46. The van der Waals surface area contributed by atoms with Crippen molar-refractivity contribution in [1.82, 2.24) is 9.78 Å². The lowest BCUT2D eigenvalue weighted by Gasteiger charge is -2.02. The number of nitrogens with zero attached hydrogens (tertiary/aromatic N) is 2. The average molecular weight is 218 g/mol. The number of hydrogen-bond acceptors (Lipinski definition) is 4. The molecule has 0 spiro atoms. The molecule has 0 atom stereocenters. The third-order valence-corrected chi connectivity index (χ3v) is 2.16. The van der Waals surface area contributed by atoms with Crippen molar-refractivity contribution in [2.75, 3.05) is 11.5 Å². The standard InChI is InChI=1S/C10H10N4O2/c11-8-7(10(15)16)9(12)14(13-8)6-4-2-1-3-5-6/h1-5H,12H2,(H2,11,13)(H,15,16). The summed E-state index contributed by atoms with van der Waals surface area (Å²) in [6.07, 6.45) is 0. The molecule has 0 radical (unpaired) electrons. The maximum Gasteiger partial charge on any atom is 0.343 e. The number of aromatic carboxylic acids is 1. The second-order valence-electron chi connectivity index (χ2n) is 3.20. The summed E-state index contributed by atoms with van der Waals surface area (Å²) < 4.78 is 1.30. The zero-order valence-electron chi connectivity index (χ0n) is 8.29. The molecule has 0 aliphatic heterocycles. The molecule has 2 aromatic rings. The number of nitrogen functional groups attached to an aromatic ring is 2. The van der Waals surface area contributed by atoms with Gasteiger partial charge in [-0.1, -0.05) is 18.2 Å². The Hall–Kier alpha value is -2.50. The van der Waals surface area contributed by atoms with Crippen LogP contribution in [-0.2, 0) is 0 Å². The number of nitrogens with two attached hydrogens (primary N) is 2. The normalized spacial score (nSPS) is 10.2. The first kappa shape index (κ1) is 10.0. The Morgan fingerprint density at radius 1 is 1.25 bits per heavy atom. The van der Waals surface area contributed by atoms with Gasteiger partial charge < -0.3 is 16.6 Å². The number of rotatable bonds is 2. The van der Waals surface area contributed by atoms with E-state index in [1.165, 1.54) is 4.68 Å². The molecule has 6 nitrogen and oxygen atoms in total. The van der Waals surface area contributed by atoms with Gasteiger partial charge in [-0.05, 0) is 12.1 Å². The molecule has 5 N–H and O–H groups in total. The van der Waals surface area contributed by atoms with Gasteiger partial charge in [0, 0.05) is 0 Å². The molecule has 0 saturated carbocycles. The molecule has 0 unspecified atom stereocenters. The molecular formula is C10H10N4O2. The second kappa shape index (κ2) is 3.58. The van der Waals surface area contributed by atoms with Crippen LogP contribution < -0.4 is 11.5 Å². The molecule has 6 heteroatoms. The first-order valence-corrected chi connectivity index (χ1v) is 4.54. The van der Waals surface area contributed by atoms with E-state index in [0.29, 0.717) is 5.69 Å². The van der Waals surface area contributed by atoms with Gasteiger partial charge in [0.05, 0.1) is 5.69 Å². The van der Waals surface area contributed by atoms with Crippen LogP contribution in [0.1, 0.15) is 10.4 Å². The van der Waals surface area contributed by atoms with E-state index in [9.17, 15) is 4.79 Å². The number of carboxylic acids is 1. The summed E-state index contributed by atoms with van der Waals surface area (Å²) in [7, 11) is 0. The van der Waals surface area contributed by atoms with Crippen molar-refractivity contribution in [2.45, 2.75) is 0 Å². The van der Waals surface area contributed by atoms with Gasteiger partial charge in [-0.15, -0.1) is 5.10 Å². The van der Waals surface area contributed by atoms with Crippen molar-refractivity contribution in [3.63, 3.8) is 0 Å². The van der Waals surface area contributed by atoms with Crippen LogP contribution in [0.15, 0.2) is 30.3 Å². The molecular weight excluding hydrogens is 208 g/mol. The van der Waals surface area contributed by atoms with Crippen LogP contribution in [0, 0.1) is 0 Å². The molecule has 16 heavy (non-hydrogen) atoms. The number of hydrogen-bond donors (Lipinski definition) is 3. The van der Waals surface area contributed by atoms with Crippen LogP contribution in [0.3, 0.4) is 0 Å². The molecule has 0 aliphatic carbocycles. The highest BCUT2D eigenvalue weighted by Gasteiger charge is 2.20. The monoisotopic (exact) mass is 218 g/mol. The van der Waals surface area contributed by atoms with Crippen LogP contribution >= 0.6 is 0 Å². The second-order valence-corrected chi connectivity index (χ2v) is 3.20. The van der Waals surface area contributed by atoms with Gasteiger partial charge in [0.1, 0.15) is 11.4 Å². The molecule has 0 amide bonds. The minimum absolute atomic E-state index is 0.0243. The Balaban J connectivity index is 2.61. The smallest absolute Gasteiger partial charge is 0.343 e. The van der Waals surface area contributed by atoms with Gasteiger partial charge >= 0.3 is 5.97 Å². The fourth-order valence-electron chi connectivity index (χ4n) is 1.43. The van der Waals surface area contributed by atoms with E-state index < -0.39 is 5.97 Å². The molecule has 1 aromatic heterocycles. The van der Waals surface area contributed by atoms with Gasteiger partial charge in [-0.3, -0.25) is 0 Å². The average Bonchev–Trinajstić information content (AvgIpc) is 2.55. The Kier molecular flexibility index (Phi) is 2.24. The maximum absolute atomic E-state index is 10.9. The van der Waals surface area contributed by atoms with E-state index >= 15 is 0 Å². The fourth-order valence-corrected chi connectivity index (χ4v) is 1.43. The van der Waals surface area contributed by atoms with Crippen molar-refractivity contribution in [3.8, 4) is 5.69 Å².